The van der Waals surface area contributed by atoms with Crippen LogP contribution in [0.4, 0.5) is 5.69 Å². The number of nitro benzene ring substituents is 1. The fraction of sp³-hybridized carbons (Fsp3) is 0.250. The van der Waals surface area contributed by atoms with Crippen LogP contribution in [0, 0.1) is 10.1 Å². The maximum Gasteiger partial charge on any atom is 0.273 e. The van der Waals surface area contributed by atoms with Crippen molar-refractivity contribution in [2.45, 2.75) is 23.6 Å². The number of para-hydroxylation sites is 1. The zero-order valence-electron chi connectivity index (χ0n) is 12.1. The first-order valence-electron chi connectivity index (χ1n) is 6.74. The molecule has 1 unspecified atom stereocenters. The number of nitro groups is 1. The summed E-state index contributed by atoms with van der Waals surface area (Å²) in [4.78, 5) is 11.8. The molecule has 0 saturated carbocycles. The van der Waals surface area contributed by atoms with E-state index >= 15 is 0 Å². The quantitative estimate of drug-likeness (QED) is 0.494. The molecule has 1 N–H and O–H groups in total. The van der Waals surface area contributed by atoms with E-state index in [9.17, 15) is 10.1 Å². The van der Waals surface area contributed by atoms with Crippen LogP contribution in [-0.2, 0) is 5.75 Å². The SMILES string of the molecule is CNC(C)c1cccc(SCc2ccccc2[N+](=O)[O-])c1. The molecule has 110 valence electrons. The molecule has 0 fully saturated rings. The van der Waals surface area contributed by atoms with Gasteiger partial charge in [-0.1, -0.05) is 30.3 Å². The van der Waals surface area contributed by atoms with E-state index in [2.05, 4.69) is 24.4 Å². The lowest BCUT2D eigenvalue weighted by atomic mass is 10.1. The Bertz CT molecular complexity index is 631. The summed E-state index contributed by atoms with van der Waals surface area (Å²) in [5, 5.41) is 14.2. The van der Waals surface area contributed by atoms with Crippen molar-refractivity contribution in [1.29, 1.82) is 0 Å². The smallest absolute Gasteiger partial charge is 0.273 e. The van der Waals surface area contributed by atoms with Gasteiger partial charge >= 0.3 is 0 Å². The van der Waals surface area contributed by atoms with E-state index in [1.165, 1.54) is 5.56 Å². The molecule has 1 atom stereocenters. The second kappa shape index (κ2) is 7.24. The minimum Gasteiger partial charge on any atom is -0.313 e. The summed E-state index contributed by atoms with van der Waals surface area (Å²) in [5.41, 5.74) is 2.15. The Balaban J connectivity index is 2.12. The van der Waals surface area contributed by atoms with Crippen LogP contribution in [0.2, 0.25) is 0 Å². The van der Waals surface area contributed by atoms with Crippen molar-refractivity contribution in [3.8, 4) is 0 Å². The van der Waals surface area contributed by atoms with E-state index < -0.39 is 0 Å². The third-order valence-corrected chi connectivity index (χ3v) is 4.42. The maximum absolute atomic E-state index is 11.0. The fourth-order valence-electron chi connectivity index (χ4n) is 2.01. The summed E-state index contributed by atoms with van der Waals surface area (Å²) in [6.45, 7) is 2.10. The molecule has 0 spiro atoms. The average Bonchev–Trinajstić information content (AvgIpc) is 2.52. The molecule has 2 aromatic carbocycles. The molecule has 0 saturated heterocycles. The van der Waals surface area contributed by atoms with Gasteiger partial charge in [-0.15, -0.1) is 11.8 Å². The lowest BCUT2D eigenvalue weighted by Gasteiger charge is -2.11. The highest BCUT2D eigenvalue weighted by Gasteiger charge is 2.12. The highest BCUT2D eigenvalue weighted by atomic mass is 32.2. The molecule has 2 aromatic rings. The maximum atomic E-state index is 11.0. The molecule has 0 bridgehead atoms. The molecule has 0 aromatic heterocycles. The van der Waals surface area contributed by atoms with Crippen molar-refractivity contribution in [3.05, 3.63) is 69.8 Å². The Morgan fingerprint density at radius 2 is 2.00 bits per heavy atom. The minimum atomic E-state index is -0.324. The summed E-state index contributed by atoms with van der Waals surface area (Å²) in [7, 11) is 1.93. The van der Waals surface area contributed by atoms with Crippen LogP contribution >= 0.6 is 11.8 Å². The summed E-state index contributed by atoms with van der Waals surface area (Å²) in [5.74, 6) is 0.592. The number of rotatable bonds is 6. The van der Waals surface area contributed by atoms with Gasteiger partial charge in [-0.2, -0.15) is 0 Å². The average molecular weight is 302 g/mol. The zero-order valence-corrected chi connectivity index (χ0v) is 12.9. The molecule has 0 aliphatic rings. The third kappa shape index (κ3) is 4.06. The van der Waals surface area contributed by atoms with Gasteiger partial charge in [0.15, 0.2) is 0 Å². The second-order valence-corrected chi connectivity index (χ2v) is 5.81. The van der Waals surface area contributed by atoms with Crippen LogP contribution in [0.15, 0.2) is 53.4 Å². The molecule has 0 aliphatic heterocycles. The molecule has 0 radical (unpaired) electrons. The zero-order chi connectivity index (χ0) is 15.2. The summed E-state index contributed by atoms with van der Waals surface area (Å²) in [6, 6.07) is 15.4. The number of hydrogen-bond donors (Lipinski definition) is 1. The lowest BCUT2D eigenvalue weighted by molar-refractivity contribution is -0.385. The van der Waals surface area contributed by atoms with Crippen molar-refractivity contribution < 1.29 is 4.92 Å². The molecule has 4 nitrogen and oxygen atoms in total. The van der Waals surface area contributed by atoms with Crippen molar-refractivity contribution in [3.63, 3.8) is 0 Å². The van der Waals surface area contributed by atoms with Crippen molar-refractivity contribution in [2.75, 3.05) is 7.05 Å². The van der Waals surface area contributed by atoms with Crippen LogP contribution in [0.25, 0.3) is 0 Å². The van der Waals surface area contributed by atoms with Crippen LogP contribution in [0.1, 0.15) is 24.1 Å². The third-order valence-electron chi connectivity index (χ3n) is 3.37. The fourth-order valence-corrected chi connectivity index (χ4v) is 2.97. The van der Waals surface area contributed by atoms with Crippen molar-refractivity contribution in [2.24, 2.45) is 0 Å². The Morgan fingerprint density at radius 1 is 1.24 bits per heavy atom. The summed E-state index contributed by atoms with van der Waals surface area (Å²) >= 11 is 1.61. The van der Waals surface area contributed by atoms with Gasteiger partial charge in [0, 0.05) is 28.3 Å². The predicted octanol–water partition coefficient (Wildman–Crippen LogP) is 4.17. The molecule has 2 rings (SSSR count). The topological polar surface area (TPSA) is 55.2 Å². The van der Waals surface area contributed by atoms with Gasteiger partial charge in [0.05, 0.1) is 4.92 Å². The van der Waals surface area contributed by atoms with Gasteiger partial charge < -0.3 is 5.32 Å². The summed E-state index contributed by atoms with van der Waals surface area (Å²) in [6.07, 6.45) is 0. The van der Waals surface area contributed by atoms with E-state index in [1.54, 1.807) is 23.9 Å². The number of nitrogens with one attached hydrogen (secondary N) is 1. The van der Waals surface area contributed by atoms with Gasteiger partial charge in [-0.3, -0.25) is 10.1 Å². The lowest BCUT2D eigenvalue weighted by Crippen LogP contribution is -2.11. The first kappa shape index (κ1) is 15.5. The summed E-state index contributed by atoms with van der Waals surface area (Å²) < 4.78 is 0. The molecule has 21 heavy (non-hydrogen) atoms. The Kier molecular flexibility index (Phi) is 5.36. The van der Waals surface area contributed by atoms with Gasteiger partial charge in [0.1, 0.15) is 0 Å². The van der Waals surface area contributed by atoms with Crippen molar-refractivity contribution >= 4 is 17.4 Å². The molecular weight excluding hydrogens is 284 g/mol. The van der Waals surface area contributed by atoms with E-state index in [0.717, 1.165) is 10.5 Å². The van der Waals surface area contributed by atoms with Crippen LogP contribution in [-0.4, -0.2) is 12.0 Å². The highest BCUT2D eigenvalue weighted by molar-refractivity contribution is 7.98. The Hall–Kier alpha value is -1.85. The van der Waals surface area contributed by atoms with Crippen LogP contribution in [0.3, 0.4) is 0 Å². The van der Waals surface area contributed by atoms with Crippen LogP contribution < -0.4 is 5.32 Å². The standard InChI is InChI=1S/C16H18N2O2S/c1-12(17-2)13-7-5-8-15(10-13)21-11-14-6-3-4-9-16(14)18(19)20/h3-10,12,17H,11H2,1-2H3. The monoisotopic (exact) mass is 302 g/mol. The van der Waals surface area contributed by atoms with Crippen LogP contribution in [0.5, 0.6) is 0 Å². The van der Waals surface area contributed by atoms with Crippen molar-refractivity contribution in [1.82, 2.24) is 5.32 Å². The Labute approximate surface area is 128 Å². The highest BCUT2D eigenvalue weighted by Crippen LogP contribution is 2.29. The largest absolute Gasteiger partial charge is 0.313 e. The Morgan fingerprint density at radius 3 is 2.71 bits per heavy atom. The normalized spacial score (nSPS) is 12.1. The first-order valence-corrected chi connectivity index (χ1v) is 7.72. The number of hydrogen-bond acceptors (Lipinski definition) is 4. The van der Waals surface area contributed by atoms with E-state index in [-0.39, 0.29) is 16.7 Å². The molecule has 0 aliphatic carbocycles. The second-order valence-electron chi connectivity index (χ2n) is 4.76. The molecule has 0 heterocycles. The van der Waals surface area contributed by atoms with Gasteiger partial charge in [-0.05, 0) is 31.7 Å². The first-order chi connectivity index (χ1) is 10.1. The van der Waals surface area contributed by atoms with Gasteiger partial charge in [0.2, 0.25) is 0 Å². The molecular formula is C16H18N2O2S. The number of benzene rings is 2. The minimum absolute atomic E-state index is 0.185. The van der Waals surface area contributed by atoms with Gasteiger partial charge in [0.25, 0.3) is 5.69 Å². The van der Waals surface area contributed by atoms with Gasteiger partial charge in [-0.25, -0.2) is 0 Å². The van der Waals surface area contributed by atoms with E-state index in [0.29, 0.717) is 5.75 Å². The number of thioether (sulfide) groups is 1. The number of nitrogens with zero attached hydrogens (tertiary/aromatic N) is 1. The molecule has 0 amide bonds. The molecule has 5 heteroatoms. The van der Waals surface area contributed by atoms with E-state index in [4.69, 9.17) is 0 Å². The van der Waals surface area contributed by atoms with E-state index in [1.807, 2.05) is 31.3 Å². The predicted molar refractivity (Wildman–Crippen MR) is 86.6 cm³/mol.